The highest BCUT2D eigenvalue weighted by molar-refractivity contribution is 6.30. The summed E-state index contributed by atoms with van der Waals surface area (Å²) < 4.78 is 5.23. The summed E-state index contributed by atoms with van der Waals surface area (Å²) in [6.45, 7) is 7.56. The van der Waals surface area contributed by atoms with Gasteiger partial charge in [-0.1, -0.05) is 43.7 Å². The number of halogens is 1. The molecule has 1 aromatic heterocycles. The Morgan fingerprint density at radius 2 is 1.92 bits per heavy atom. The summed E-state index contributed by atoms with van der Waals surface area (Å²) in [4.78, 5) is 23.3. The molecule has 1 heterocycles. The lowest BCUT2D eigenvalue weighted by Crippen LogP contribution is -2.34. The molecule has 5 heteroatoms. The van der Waals surface area contributed by atoms with Crippen LogP contribution in [-0.2, 0) is 11.2 Å². The lowest BCUT2D eigenvalue weighted by molar-refractivity contribution is -0.136. The minimum absolute atomic E-state index is 0.119. The van der Waals surface area contributed by atoms with Crippen molar-refractivity contribution in [2.24, 2.45) is 0 Å². The predicted molar refractivity (Wildman–Crippen MR) is 97.6 cm³/mol. The number of carboxylic acid groups (broad SMARTS) is 1. The number of rotatable bonds is 3. The van der Waals surface area contributed by atoms with E-state index in [0.29, 0.717) is 26.8 Å². The van der Waals surface area contributed by atoms with Gasteiger partial charge in [-0.05, 0) is 37.6 Å². The van der Waals surface area contributed by atoms with E-state index in [1.807, 2.05) is 13.8 Å². The summed E-state index contributed by atoms with van der Waals surface area (Å²) in [5.41, 5.74) is 1.13. The third kappa shape index (κ3) is 4.36. The van der Waals surface area contributed by atoms with Gasteiger partial charge in [-0.3, -0.25) is 4.79 Å². The van der Waals surface area contributed by atoms with Crippen molar-refractivity contribution in [3.8, 4) is 11.1 Å². The molecular weight excluding hydrogens is 328 g/mol. The van der Waals surface area contributed by atoms with Gasteiger partial charge in [-0.2, -0.15) is 0 Å². The summed E-state index contributed by atoms with van der Waals surface area (Å²) in [5.74, 6) is -1.09. The second-order valence-electron chi connectivity index (χ2n) is 4.68. The van der Waals surface area contributed by atoms with E-state index in [9.17, 15) is 9.59 Å². The second-order valence-corrected chi connectivity index (χ2v) is 5.12. The van der Waals surface area contributed by atoms with Crippen LogP contribution in [0.1, 0.15) is 33.3 Å². The lowest BCUT2D eigenvalue weighted by Gasteiger charge is -2.09. The highest BCUT2D eigenvalue weighted by Gasteiger charge is 2.17. The predicted octanol–water partition coefficient (Wildman–Crippen LogP) is 3.21. The number of hydrogen-bond acceptors (Lipinski definition) is 3. The molecule has 0 saturated heterocycles. The van der Waals surface area contributed by atoms with Crippen molar-refractivity contribution in [1.29, 1.82) is 0 Å². The Hall–Kier alpha value is -2.33. The maximum atomic E-state index is 12.2. The molecule has 0 fully saturated rings. The van der Waals surface area contributed by atoms with Crippen molar-refractivity contribution in [2.75, 3.05) is 0 Å². The lowest BCUT2D eigenvalue weighted by atomic mass is 9.97. The van der Waals surface area contributed by atoms with Crippen molar-refractivity contribution in [2.45, 2.75) is 34.1 Å². The van der Waals surface area contributed by atoms with Crippen molar-refractivity contribution in [1.82, 2.24) is 0 Å². The molecule has 0 atom stereocenters. The van der Waals surface area contributed by atoms with E-state index >= 15 is 0 Å². The fraction of sp³-hybridized carbons (Fsp3) is 0.263. The van der Waals surface area contributed by atoms with Crippen molar-refractivity contribution < 1.29 is 14.3 Å². The molecule has 0 aliphatic rings. The van der Waals surface area contributed by atoms with Crippen LogP contribution in [0, 0.1) is 0 Å². The molecule has 2 rings (SSSR count). The molecule has 24 heavy (non-hydrogen) atoms. The molecule has 0 saturated carbocycles. The zero-order valence-electron chi connectivity index (χ0n) is 14.2. The molecule has 0 bridgehead atoms. The standard InChI is InChI=1S/C17H15ClO4.C2H6/c1-3-12-14(4-2)22-17(21)13(9-15(19)20)16(12)10-6-5-7-11(18)8-10;1-2/h3-8H,9H2,1-2H3,(H,19,20);1-2H3/b12-3+,14-4+;. The maximum Gasteiger partial charge on any atom is 0.340 e. The van der Waals surface area contributed by atoms with Crippen LogP contribution in [0.15, 0.2) is 33.5 Å². The summed E-state index contributed by atoms with van der Waals surface area (Å²) >= 11 is 6.03. The smallest absolute Gasteiger partial charge is 0.340 e. The molecule has 1 N–H and O–H groups in total. The van der Waals surface area contributed by atoms with Crippen molar-refractivity contribution in [3.05, 3.63) is 55.9 Å². The summed E-state index contributed by atoms with van der Waals surface area (Å²) in [6, 6.07) is 6.97. The zero-order valence-corrected chi connectivity index (χ0v) is 15.0. The van der Waals surface area contributed by atoms with Crippen LogP contribution in [0.3, 0.4) is 0 Å². The number of carbonyl (C=O) groups is 1. The van der Waals surface area contributed by atoms with Gasteiger partial charge in [0.05, 0.1) is 12.0 Å². The Kier molecular flexibility index (Phi) is 7.46. The third-order valence-electron chi connectivity index (χ3n) is 3.28. The van der Waals surface area contributed by atoms with E-state index in [1.165, 1.54) is 0 Å². The molecule has 2 aromatic rings. The number of carboxylic acids is 1. The zero-order chi connectivity index (χ0) is 18.3. The van der Waals surface area contributed by atoms with Crippen LogP contribution in [0.4, 0.5) is 0 Å². The fourth-order valence-corrected chi connectivity index (χ4v) is 2.58. The molecule has 0 unspecified atom stereocenters. The first-order valence-electron chi connectivity index (χ1n) is 7.74. The second kappa shape index (κ2) is 9.08. The molecule has 0 radical (unpaired) electrons. The Morgan fingerprint density at radius 3 is 2.42 bits per heavy atom. The highest BCUT2D eigenvalue weighted by Crippen LogP contribution is 2.21. The van der Waals surface area contributed by atoms with Gasteiger partial charge in [0.1, 0.15) is 5.42 Å². The van der Waals surface area contributed by atoms with E-state index in [2.05, 4.69) is 0 Å². The molecule has 1 aromatic carbocycles. The monoisotopic (exact) mass is 348 g/mol. The topological polar surface area (TPSA) is 67.5 Å². The first-order chi connectivity index (χ1) is 11.5. The van der Waals surface area contributed by atoms with Crippen LogP contribution in [-0.4, -0.2) is 11.1 Å². The first kappa shape index (κ1) is 19.7. The summed E-state index contributed by atoms with van der Waals surface area (Å²) in [5, 5.41) is 10.3. The van der Waals surface area contributed by atoms with Crippen LogP contribution in [0.5, 0.6) is 0 Å². The van der Waals surface area contributed by atoms with E-state index in [4.69, 9.17) is 21.1 Å². The van der Waals surface area contributed by atoms with E-state index in [-0.39, 0.29) is 5.56 Å². The molecule has 0 aliphatic heterocycles. The normalized spacial score (nSPS) is 11.9. The van der Waals surface area contributed by atoms with Crippen LogP contribution < -0.4 is 16.3 Å². The van der Waals surface area contributed by atoms with Gasteiger partial charge in [0, 0.05) is 15.8 Å². The highest BCUT2D eigenvalue weighted by atomic mass is 35.5. The van der Waals surface area contributed by atoms with Gasteiger partial charge >= 0.3 is 11.6 Å². The van der Waals surface area contributed by atoms with Crippen molar-refractivity contribution in [3.63, 3.8) is 0 Å². The molecule has 128 valence electrons. The number of benzene rings is 1. The molecule has 0 spiro atoms. The van der Waals surface area contributed by atoms with Gasteiger partial charge in [-0.15, -0.1) is 0 Å². The SMILES string of the molecule is C/C=c1/c(-c2cccc(Cl)c2)c(CC(=O)O)c(=O)o/c1=C/C.CC. The van der Waals surface area contributed by atoms with Crippen molar-refractivity contribution >= 4 is 29.7 Å². The number of aliphatic carboxylic acids is 1. The fourth-order valence-electron chi connectivity index (χ4n) is 2.39. The average Bonchev–Trinajstić information content (AvgIpc) is 2.57. The molecule has 0 aliphatic carbocycles. The maximum absolute atomic E-state index is 12.2. The molecule has 4 nitrogen and oxygen atoms in total. The van der Waals surface area contributed by atoms with Crippen LogP contribution >= 0.6 is 11.6 Å². The Balaban J connectivity index is 0.00000139. The van der Waals surface area contributed by atoms with Crippen LogP contribution in [0.25, 0.3) is 23.3 Å². The Bertz CT molecular complexity index is 895. The molecular formula is C19H21ClO4. The summed E-state index contributed by atoms with van der Waals surface area (Å²) in [7, 11) is 0. The van der Waals surface area contributed by atoms with E-state index in [1.54, 1.807) is 50.3 Å². The number of hydrogen-bond donors (Lipinski definition) is 1. The van der Waals surface area contributed by atoms with Crippen LogP contribution in [0.2, 0.25) is 5.02 Å². The van der Waals surface area contributed by atoms with E-state index in [0.717, 1.165) is 0 Å². The van der Waals surface area contributed by atoms with Gasteiger partial charge in [-0.25, -0.2) is 4.79 Å². The summed E-state index contributed by atoms with van der Waals surface area (Å²) in [6.07, 6.45) is 3.06. The Morgan fingerprint density at radius 1 is 1.25 bits per heavy atom. The largest absolute Gasteiger partial charge is 0.481 e. The van der Waals surface area contributed by atoms with Gasteiger partial charge in [0.15, 0.2) is 0 Å². The Labute approximate surface area is 145 Å². The first-order valence-corrected chi connectivity index (χ1v) is 8.12. The van der Waals surface area contributed by atoms with Gasteiger partial charge < -0.3 is 9.52 Å². The van der Waals surface area contributed by atoms with Gasteiger partial charge in [0.2, 0.25) is 0 Å². The third-order valence-corrected chi connectivity index (χ3v) is 3.51. The minimum Gasteiger partial charge on any atom is -0.481 e. The minimum atomic E-state index is -1.09. The quantitative estimate of drug-likeness (QED) is 0.924. The average molecular weight is 349 g/mol. The molecule has 0 amide bonds. The van der Waals surface area contributed by atoms with Gasteiger partial charge in [0.25, 0.3) is 0 Å². The van der Waals surface area contributed by atoms with E-state index < -0.39 is 18.0 Å².